The van der Waals surface area contributed by atoms with Crippen LogP contribution >= 0.6 is 0 Å². The minimum absolute atomic E-state index is 0.0663. The molecule has 7 heteroatoms. The van der Waals surface area contributed by atoms with Gasteiger partial charge in [-0.05, 0) is 19.8 Å². The number of carbonyl (C=O) groups is 2. The smallest absolute Gasteiger partial charge is 0.345 e. The molecule has 2 fully saturated rings. The summed E-state index contributed by atoms with van der Waals surface area (Å²) >= 11 is 0. The molecule has 0 bridgehead atoms. The number of hydrogen-bond acceptors (Lipinski definition) is 2. The van der Waals surface area contributed by atoms with E-state index in [-0.39, 0.29) is 31.7 Å². The van der Waals surface area contributed by atoms with Crippen LogP contribution in [0.5, 0.6) is 0 Å². The van der Waals surface area contributed by atoms with Gasteiger partial charge in [-0.15, -0.1) is 0 Å². The Bertz CT molecular complexity index is 363. The Kier molecular flexibility index (Phi) is 2.59. The lowest BCUT2D eigenvalue weighted by Crippen LogP contribution is -2.54. The lowest BCUT2D eigenvalue weighted by atomic mass is 10.1. The Morgan fingerprint density at radius 1 is 1.35 bits per heavy atom. The van der Waals surface area contributed by atoms with E-state index in [1.54, 1.807) is 0 Å². The zero-order valence-corrected chi connectivity index (χ0v) is 9.30. The maximum absolute atomic E-state index is 12.9. The highest BCUT2D eigenvalue weighted by Crippen LogP contribution is 2.53. The third-order valence-electron chi connectivity index (χ3n) is 3.34. The summed E-state index contributed by atoms with van der Waals surface area (Å²) in [5.41, 5.74) is -2.02. The van der Waals surface area contributed by atoms with Gasteiger partial charge < -0.3 is 10.2 Å². The zero-order valence-electron chi connectivity index (χ0n) is 9.30. The van der Waals surface area contributed by atoms with Crippen LogP contribution < -0.4 is 5.32 Å². The molecule has 1 saturated heterocycles. The topological polar surface area (TPSA) is 49.4 Å². The molecule has 0 spiro atoms. The van der Waals surface area contributed by atoms with Crippen LogP contribution in [0.15, 0.2) is 0 Å². The van der Waals surface area contributed by atoms with Gasteiger partial charge in [-0.2, -0.15) is 13.2 Å². The zero-order chi connectivity index (χ0) is 12.8. The van der Waals surface area contributed by atoms with Gasteiger partial charge in [-0.1, -0.05) is 0 Å². The SMILES string of the molecule is CC1NC(=O)CCN(C2(C(F)(F)F)CC2)C1=O. The van der Waals surface area contributed by atoms with Crippen molar-refractivity contribution in [2.45, 2.75) is 43.9 Å². The molecule has 1 heterocycles. The van der Waals surface area contributed by atoms with Gasteiger partial charge in [0, 0.05) is 13.0 Å². The maximum Gasteiger partial charge on any atom is 0.411 e. The van der Waals surface area contributed by atoms with Crippen molar-refractivity contribution in [3.05, 3.63) is 0 Å². The van der Waals surface area contributed by atoms with Gasteiger partial charge in [-0.25, -0.2) is 0 Å². The summed E-state index contributed by atoms with van der Waals surface area (Å²) < 4.78 is 38.7. The highest BCUT2D eigenvalue weighted by molar-refractivity contribution is 5.90. The van der Waals surface area contributed by atoms with E-state index in [1.807, 2.05) is 0 Å². The van der Waals surface area contributed by atoms with Crippen LogP contribution in [0.2, 0.25) is 0 Å². The first-order chi connectivity index (χ1) is 7.78. The van der Waals surface area contributed by atoms with Crippen molar-refractivity contribution in [1.29, 1.82) is 0 Å². The van der Waals surface area contributed by atoms with E-state index in [2.05, 4.69) is 5.32 Å². The van der Waals surface area contributed by atoms with Crippen LogP contribution in [0.1, 0.15) is 26.2 Å². The van der Waals surface area contributed by atoms with E-state index in [9.17, 15) is 22.8 Å². The molecule has 0 aromatic heterocycles. The summed E-state index contributed by atoms with van der Waals surface area (Å²) in [6.45, 7) is 1.25. The van der Waals surface area contributed by atoms with E-state index < -0.39 is 23.7 Å². The molecule has 0 radical (unpaired) electrons. The van der Waals surface area contributed by atoms with E-state index in [0.29, 0.717) is 0 Å². The number of nitrogens with one attached hydrogen (secondary N) is 1. The van der Waals surface area contributed by atoms with Gasteiger partial charge in [0.05, 0.1) is 0 Å². The van der Waals surface area contributed by atoms with Crippen LogP contribution in [0, 0.1) is 0 Å². The molecule has 2 rings (SSSR count). The molecular formula is C10H13F3N2O2. The minimum Gasteiger partial charge on any atom is -0.345 e. The summed E-state index contributed by atoms with van der Waals surface area (Å²) in [7, 11) is 0. The van der Waals surface area contributed by atoms with E-state index in [1.165, 1.54) is 6.92 Å². The number of hydrogen-bond donors (Lipinski definition) is 1. The average molecular weight is 250 g/mol. The molecule has 1 aliphatic heterocycles. The molecule has 4 nitrogen and oxygen atoms in total. The van der Waals surface area contributed by atoms with Crippen molar-refractivity contribution in [2.24, 2.45) is 0 Å². The predicted octanol–water partition coefficient (Wildman–Crippen LogP) is 0.818. The van der Waals surface area contributed by atoms with Gasteiger partial charge in [0.2, 0.25) is 11.8 Å². The highest BCUT2D eigenvalue weighted by atomic mass is 19.4. The Hall–Kier alpha value is -1.27. The molecule has 1 aliphatic carbocycles. The number of amides is 2. The van der Waals surface area contributed by atoms with E-state index in [0.717, 1.165) is 4.90 Å². The summed E-state index contributed by atoms with van der Waals surface area (Å²) in [5.74, 6) is -1.03. The molecule has 1 atom stereocenters. The highest BCUT2D eigenvalue weighted by Gasteiger charge is 2.68. The Labute approximate surface area is 96.1 Å². The molecule has 1 unspecified atom stereocenters. The first kappa shape index (κ1) is 12.2. The number of alkyl halides is 3. The summed E-state index contributed by atoms with van der Waals surface area (Å²) in [5, 5.41) is 2.38. The molecule has 0 aromatic rings. The average Bonchev–Trinajstić information content (AvgIpc) is 2.96. The van der Waals surface area contributed by atoms with Crippen LogP contribution in [0.3, 0.4) is 0 Å². The Morgan fingerprint density at radius 2 is 1.94 bits per heavy atom. The van der Waals surface area contributed by atoms with Gasteiger partial charge in [0.15, 0.2) is 0 Å². The van der Waals surface area contributed by atoms with Crippen molar-refractivity contribution < 1.29 is 22.8 Å². The van der Waals surface area contributed by atoms with Crippen LogP contribution in [-0.2, 0) is 9.59 Å². The molecule has 1 saturated carbocycles. The molecule has 0 aromatic carbocycles. The second-order valence-corrected chi connectivity index (χ2v) is 4.56. The number of rotatable bonds is 1. The molecule has 1 N–H and O–H groups in total. The fourth-order valence-electron chi connectivity index (χ4n) is 2.18. The third kappa shape index (κ3) is 1.87. The van der Waals surface area contributed by atoms with Gasteiger partial charge in [0.1, 0.15) is 11.6 Å². The lowest BCUT2D eigenvalue weighted by Gasteiger charge is -2.33. The van der Waals surface area contributed by atoms with Crippen molar-refractivity contribution >= 4 is 11.8 Å². The number of nitrogens with zero attached hydrogens (tertiary/aromatic N) is 1. The van der Waals surface area contributed by atoms with Gasteiger partial charge >= 0.3 is 6.18 Å². The number of carbonyl (C=O) groups excluding carboxylic acids is 2. The first-order valence-electron chi connectivity index (χ1n) is 5.45. The van der Waals surface area contributed by atoms with Gasteiger partial charge in [-0.3, -0.25) is 9.59 Å². The van der Waals surface area contributed by atoms with Crippen molar-refractivity contribution in [1.82, 2.24) is 10.2 Å². The summed E-state index contributed by atoms with van der Waals surface area (Å²) in [6.07, 6.45) is -4.63. The molecule has 2 amide bonds. The Morgan fingerprint density at radius 3 is 2.41 bits per heavy atom. The van der Waals surface area contributed by atoms with Crippen molar-refractivity contribution in [3.63, 3.8) is 0 Å². The maximum atomic E-state index is 12.9. The van der Waals surface area contributed by atoms with Crippen LogP contribution in [0.4, 0.5) is 13.2 Å². The molecule has 2 aliphatic rings. The van der Waals surface area contributed by atoms with Crippen molar-refractivity contribution in [2.75, 3.05) is 6.54 Å². The second-order valence-electron chi connectivity index (χ2n) is 4.56. The fourth-order valence-corrected chi connectivity index (χ4v) is 2.18. The van der Waals surface area contributed by atoms with E-state index >= 15 is 0 Å². The van der Waals surface area contributed by atoms with Crippen molar-refractivity contribution in [3.8, 4) is 0 Å². The molecular weight excluding hydrogens is 237 g/mol. The third-order valence-corrected chi connectivity index (χ3v) is 3.34. The minimum atomic E-state index is -4.42. The van der Waals surface area contributed by atoms with E-state index in [4.69, 9.17) is 0 Å². The summed E-state index contributed by atoms with van der Waals surface area (Å²) in [6, 6.07) is -0.884. The normalized spacial score (nSPS) is 28.7. The molecule has 17 heavy (non-hydrogen) atoms. The number of halogens is 3. The lowest BCUT2D eigenvalue weighted by molar-refractivity contribution is -0.200. The standard InChI is InChI=1S/C10H13F3N2O2/c1-6-8(17)15(5-2-7(16)14-6)9(3-4-9)10(11,12)13/h6H,2-5H2,1H3,(H,14,16). The first-order valence-corrected chi connectivity index (χ1v) is 5.45. The van der Waals surface area contributed by atoms with Gasteiger partial charge in [0.25, 0.3) is 0 Å². The van der Waals surface area contributed by atoms with Crippen LogP contribution in [-0.4, -0.2) is 41.0 Å². The fraction of sp³-hybridized carbons (Fsp3) is 0.800. The monoisotopic (exact) mass is 250 g/mol. The largest absolute Gasteiger partial charge is 0.411 e. The Balaban J connectivity index is 2.26. The molecule has 96 valence electrons. The quantitative estimate of drug-likeness (QED) is 0.749. The second kappa shape index (κ2) is 3.61. The summed E-state index contributed by atoms with van der Waals surface area (Å²) in [4.78, 5) is 23.9. The van der Waals surface area contributed by atoms with Crippen LogP contribution in [0.25, 0.3) is 0 Å². The predicted molar refractivity (Wildman–Crippen MR) is 52.0 cm³/mol.